The Hall–Kier alpha value is -4.92. The van der Waals surface area contributed by atoms with Crippen LogP contribution in [0.4, 0.5) is 11.4 Å². The molecule has 9 heteroatoms. The number of carbonyl (C=O) groups is 3. The van der Waals surface area contributed by atoms with Crippen molar-refractivity contribution in [3.63, 3.8) is 0 Å². The van der Waals surface area contributed by atoms with Crippen LogP contribution in [0.2, 0.25) is 0 Å². The molecule has 3 aromatic carbocycles. The molecule has 0 spiro atoms. The monoisotopic (exact) mass is 643 g/mol. The number of imidazole rings is 1. The molecule has 2 atom stereocenters. The van der Waals surface area contributed by atoms with E-state index in [1.54, 1.807) is 6.08 Å². The number of esters is 1. The van der Waals surface area contributed by atoms with Gasteiger partial charge in [-0.15, -0.1) is 0 Å². The average Bonchev–Trinajstić information content (AvgIpc) is 3.82. The fraction of sp³-hybridized carbons (Fsp3) is 0.385. The Kier molecular flexibility index (Phi) is 7.77. The maximum absolute atomic E-state index is 14.2. The predicted molar refractivity (Wildman–Crippen MR) is 186 cm³/mol. The van der Waals surface area contributed by atoms with Crippen molar-refractivity contribution >= 4 is 46.3 Å². The van der Waals surface area contributed by atoms with Gasteiger partial charge in [0.1, 0.15) is 5.82 Å². The molecule has 1 aromatic heterocycles. The van der Waals surface area contributed by atoms with Crippen LogP contribution in [0.3, 0.4) is 0 Å². The zero-order valence-corrected chi connectivity index (χ0v) is 27.3. The molecule has 48 heavy (non-hydrogen) atoms. The van der Waals surface area contributed by atoms with Crippen LogP contribution in [0.5, 0.6) is 0 Å². The standard InChI is InChI=1S/C39H41N5O4/c1-48-34(46)18-14-24-13-17-30-31(21-24)42-38(41-30)39(19-7-8-20-39)43-37(47)26-15-16-28-32(22-26)44-23-33(45)40-29-12-6-5-11-27(29)36(44)35(28)25-9-3-2-4-10-25/h5-6,11-18,21-22,25,35-36H,2-4,7-10,19-20,23H2,1H3,(H,40,45)(H,41,42)(H,43,47). The van der Waals surface area contributed by atoms with Crippen LogP contribution in [0, 0.1) is 5.92 Å². The fourth-order valence-electron chi connectivity index (χ4n) is 8.77. The zero-order valence-electron chi connectivity index (χ0n) is 27.3. The quantitative estimate of drug-likeness (QED) is 0.152. The van der Waals surface area contributed by atoms with Crippen LogP contribution in [0.15, 0.2) is 66.7 Å². The molecule has 0 saturated heterocycles. The molecule has 2 saturated carbocycles. The Balaban J connectivity index is 1.12. The third-order valence-electron chi connectivity index (χ3n) is 11.0. The van der Waals surface area contributed by atoms with Crippen molar-refractivity contribution in [2.75, 3.05) is 23.9 Å². The minimum atomic E-state index is -0.619. The first-order chi connectivity index (χ1) is 23.4. The number of rotatable bonds is 6. The molecule has 2 aliphatic heterocycles. The summed E-state index contributed by atoms with van der Waals surface area (Å²) in [5.74, 6) is 0.948. The number of H-pyrrole nitrogens is 1. The van der Waals surface area contributed by atoms with Gasteiger partial charge in [-0.25, -0.2) is 9.78 Å². The lowest BCUT2D eigenvalue weighted by Gasteiger charge is -2.35. The summed E-state index contributed by atoms with van der Waals surface area (Å²) >= 11 is 0. The number of ether oxygens (including phenoxy) is 1. The molecule has 3 heterocycles. The van der Waals surface area contributed by atoms with Crippen molar-refractivity contribution in [1.29, 1.82) is 0 Å². The van der Waals surface area contributed by atoms with Crippen molar-refractivity contribution in [3.05, 3.63) is 94.8 Å². The lowest BCUT2D eigenvalue weighted by Crippen LogP contribution is -2.44. The van der Waals surface area contributed by atoms with Gasteiger partial charge in [0.25, 0.3) is 5.91 Å². The van der Waals surface area contributed by atoms with Crippen molar-refractivity contribution in [1.82, 2.24) is 15.3 Å². The number of amides is 2. The molecule has 246 valence electrons. The zero-order chi connectivity index (χ0) is 32.8. The van der Waals surface area contributed by atoms with Gasteiger partial charge in [-0.2, -0.15) is 0 Å². The van der Waals surface area contributed by atoms with Gasteiger partial charge in [-0.05, 0) is 84.7 Å². The summed E-state index contributed by atoms with van der Waals surface area (Å²) in [6.07, 6.45) is 12.8. The van der Waals surface area contributed by atoms with E-state index in [0.29, 0.717) is 11.5 Å². The number of methoxy groups -OCH3 is 1. The van der Waals surface area contributed by atoms with Gasteiger partial charge in [0.05, 0.1) is 36.3 Å². The molecular formula is C39H41N5O4. The number of aromatic amines is 1. The molecule has 2 fully saturated rings. The predicted octanol–water partition coefficient (Wildman–Crippen LogP) is 7.13. The number of nitrogens with one attached hydrogen (secondary N) is 3. The number of hydrogen-bond acceptors (Lipinski definition) is 6. The third kappa shape index (κ3) is 5.35. The molecule has 4 aromatic rings. The summed E-state index contributed by atoms with van der Waals surface area (Å²) in [5.41, 5.74) is 6.75. The maximum atomic E-state index is 14.2. The van der Waals surface area contributed by atoms with Gasteiger partial charge in [0.2, 0.25) is 5.91 Å². The van der Waals surface area contributed by atoms with Crippen molar-refractivity contribution < 1.29 is 19.1 Å². The second kappa shape index (κ2) is 12.3. The molecule has 2 unspecified atom stereocenters. The van der Waals surface area contributed by atoms with Gasteiger partial charge in [0, 0.05) is 28.9 Å². The number of aromatic nitrogens is 2. The molecular weight excluding hydrogens is 602 g/mol. The molecule has 9 nitrogen and oxygen atoms in total. The number of benzene rings is 3. The Bertz CT molecular complexity index is 1930. The number of fused-ring (bicyclic) bond motifs is 6. The number of anilines is 2. The Labute approximate surface area is 280 Å². The highest BCUT2D eigenvalue weighted by molar-refractivity contribution is 5.99. The van der Waals surface area contributed by atoms with Gasteiger partial charge < -0.3 is 25.3 Å². The van der Waals surface area contributed by atoms with E-state index >= 15 is 0 Å². The lowest BCUT2D eigenvalue weighted by molar-refractivity contribution is -0.134. The number of nitrogens with zero attached hydrogens (tertiary/aromatic N) is 2. The molecule has 4 aliphatic rings. The molecule has 2 aliphatic carbocycles. The molecule has 8 rings (SSSR count). The number of para-hydroxylation sites is 1. The Morgan fingerprint density at radius 3 is 2.60 bits per heavy atom. The summed E-state index contributed by atoms with van der Waals surface area (Å²) in [6, 6.07) is 20.2. The van der Waals surface area contributed by atoms with Crippen LogP contribution in [-0.2, 0) is 19.9 Å². The first-order valence-corrected chi connectivity index (χ1v) is 17.3. The van der Waals surface area contributed by atoms with E-state index in [1.807, 2.05) is 42.5 Å². The SMILES string of the molecule is COC(=O)C=Cc1ccc2nc(C3(NC(=O)c4ccc5c(c4)N4CC(=O)Nc6ccccc6C4C5C4CCCCC4)CCCC3)[nH]c2c1. The van der Waals surface area contributed by atoms with E-state index in [0.717, 1.165) is 65.0 Å². The van der Waals surface area contributed by atoms with Crippen LogP contribution in [0.1, 0.15) is 103 Å². The lowest BCUT2D eigenvalue weighted by atomic mass is 9.73. The second-order valence-electron chi connectivity index (χ2n) is 13.9. The first kappa shape index (κ1) is 30.4. The van der Waals surface area contributed by atoms with Crippen LogP contribution >= 0.6 is 0 Å². The molecule has 2 amide bonds. The molecule has 3 N–H and O–H groups in total. The van der Waals surface area contributed by atoms with Gasteiger partial charge in [-0.3, -0.25) is 9.59 Å². The maximum Gasteiger partial charge on any atom is 0.330 e. The minimum absolute atomic E-state index is 0.0335. The normalized spacial score (nSPS) is 21.8. The van der Waals surface area contributed by atoms with E-state index < -0.39 is 11.5 Å². The first-order valence-electron chi connectivity index (χ1n) is 17.3. The van der Waals surface area contributed by atoms with E-state index in [9.17, 15) is 14.4 Å². The minimum Gasteiger partial charge on any atom is -0.466 e. The third-order valence-corrected chi connectivity index (χ3v) is 11.0. The second-order valence-corrected chi connectivity index (χ2v) is 13.9. The van der Waals surface area contributed by atoms with Gasteiger partial charge in [0.15, 0.2) is 0 Å². The summed E-state index contributed by atoms with van der Waals surface area (Å²) in [7, 11) is 1.35. The number of hydrogen-bond donors (Lipinski definition) is 3. The summed E-state index contributed by atoms with van der Waals surface area (Å²) in [4.78, 5) is 49.7. The fourth-order valence-corrected chi connectivity index (χ4v) is 8.77. The van der Waals surface area contributed by atoms with Crippen LogP contribution in [-0.4, -0.2) is 41.4 Å². The largest absolute Gasteiger partial charge is 0.466 e. The van der Waals surface area contributed by atoms with Crippen LogP contribution in [0.25, 0.3) is 17.1 Å². The van der Waals surface area contributed by atoms with E-state index in [1.165, 1.54) is 50.9 Å². The number of carbonyl (C=O) groups excluding carboxylic acids is 3. The van der Waals surface area contributed by atoms with Crippen molar-refractivity contribution in [2.45, 2.75) is 75.3 Å². The Morgan fingerprint density at radius 2 is 1.79 bits per heavy atom. The van der Waals surface area contributed by atoms with Crippen LogP contribution < -0.4 is 15.5 Å². The topological polar surface area (TPSA) is 116 Å². The average molecular weight is 644 g/mol. The van der Waals surface area contributed by atoms with E-state index in [2.05, 4.69) is 38.7 Å². The smallest absolute Gasteiger partial charge is 0.330 e. The van der Waals surface area contributed by atoms with E-state index in [4.69, 9.17) is 9.72 Å². The van der Waals surface area contributed by atoms with Crippen molar-refractivity contribution in [2.24, 2.45) is 5.92 Å². The highest BCUT2D eigenvalue weighted by atomic mass is 16.5. The van der Waals surface area contributed by atoms with Crippen molar-refractivity contribution in [3.8, 4) is 0 Å². The summed E-state index contributed by atoms with van der Waals surface area (Å²) in [5, 5.41) is 6.57. The Morgan fingerprint density at radius 1 is 0.979 bits per heavy atom. The van der Waals surface area contributed by atoms with Gasteiger partial charge >= 0.3 is 5.97 Å². The molecule has 0 radical (unpaired) electrons. The summed E-state index contributed by atoms with van der Waals surface area (Å²) < 4.78 is 4.72. The summed E-state index contributed by atoms with van der Waals surface area (Å²) in [6.45, 7) is 0.250. The highest BCUT2D eigenvalue weighted by Gasteiger charge is 2.47. The van der Waals surface area contributed by atoms with Gasteiger partial charge in [-0.1, -0.05) is 62.4 Å². The molecule has 0 bridgehead atoms. The highest BCUT2D eigenvalue weighted by Crippen LogP contribution is 2.56. The van der Waals surface area contributed by atoms with E-state index in [-0.39, 0.29) is 30.3 Å².